The summed E-state index contributed by atoms with van der Waals surface area (Å²) in [6.45, 7) is 0. The van der Waals surface area contributed by atoms with Gasteiger partial charge < -0.3 is 4.42 Å². The molecule has 11 aromatic rings. The molecular weight excluding hydrogens is 641 g/mol. The minimum Gasteiger partial charge on any atom is -0.455 e. The molecule has 0 aliphatic carbocycles. The van der Waals surface area contributed by atoms with Crippen LogP contribution in [0.15, 0.2) is 199 Å². The summed E-state index contributed by atoms with van der Waals surface area (Å²) in [5.41, 5.74) is 11.5. The lowest BCUT2D eigenvalue weighted by Gasteiger charge is -2.20. The highest BCUT2D eigenvalue weighted by molar-refractivity contribution is 6.29. The smallest absolute Gasteiger partial charge is 0.143 e. The molecule has 0 saturated heterocycles. The average Bonchev–Trinajstić information content (AvgIpc) is 3.62. The number of hydrogen-bond donors (Lipinski definition) is 0. The van der Waals surface area contributed by atoms with Gasteiger partial charge in [0.2, 0.25) is 0 Å². The first-order valence-electron chi connectivity index (χ1n) is 18.3. The van der Waals surface area contributed by atoms with Crippen LogP contribution in [-0.4, -0.2) is 0 Å². The van der Waals surface area contributed by atoms with Crippen molar-refractivity contribution in [2.24, 2.45) is 0 Å². The average molecular weight is 673 g/mol. The van der Waals surface area contributed by atoms with Gasteiger partial charge in [0, 0.05) is 16.2 Å². The quantitative estimate of drug-likeness (QED) is 0.170. The summed E-state index contributed by atoms with van der Waals surface area (Å²) in [5.74, 6) is 0. The molecule has 0 atom stereocenters. The molecule has 1 nitrogen and oxygen atoms in total. The minimum absolute atomic E-state index is 0.896. The Hall–Kier alpha value is -6.96. The molecule has 53 heavy (non-hydrogen) atoms. The molecule has 11 rings (SSSR count). The molecule has 0 bridgehead atoms. The van der Waals surface area contributed by atoms with Crippen molar-refractivity contribution in [2.45, 2.75) is 0 Å². The SMILES string of the molecule is c1ccc(-c2ccc3cccc(-c4c5ccccc5c(-c5cc6ccccc6c6oc7ccc(-c8ccccc8)cc7c56)c5ccccc45)c3c2)cc1. The van der Waals surface area contributed by atoms with Crippen LogP contribution in [0.4, 0.5) is 0 Å². The lowest BCUT2D eigenvalue weighted by Crippen LogP contribution is -1.92. The van der Waals surface area contributed by atoms with Gasteiger partial charge in [-0.2, -0.15) is 0 Å². The first-order chi connectivity index (χ1) is 26.3. The Morgan fingerprint density at radius 2 is 0.792 bits per heavy atom. The Morgan fingerprint density at radius 1 is 0.283 bits per heavy atom. The first-order valence-corrected chi connectivity index (χ1v) is 18.3. The van der Waals surface area contributed by atoms with Crippen molar-refractivity contribution in [3.8, 4) is 44.5 Å². The lowest BCUT2D eigenvalue weighted by molar-refractivity contribution is 0.673. The van der Waals surface area contributed by atoms with Gasteiger partial charge in [-0.1, -0.05) is 170 Å². The summed E-state index contributed by atoms with van der Waals surface area (Å²) >= 11 is 0. The third kappa shape index (κ3) is 4.64. The molecular formula is C52H32O. The van der Waals surface area contributed by atoms with Crippen LogP contribution >= 0.6 is 0 Å². The summed E-state index contributed by atoms with van der Waals surface area (Å²) in [5, 5.41) is 12.0. The second-order valence-corrected chi connectivity index (χ2v) is 14.0. The van der Waals surface area contributed by atoms with E-state index in [1.807, 2.05) is 0 Å². The molecule has 0 saturated carbocycles. The van der Waals surface area contributed by atoms with Crippen LogP contribution in [0.5, 0.6) is 0 Å². The number of hydrogen-bond acceptors (Lipinski definition) is 1. The number of furan rings is 1. The molecule has 1 aromatic heterocycles. The van der Waals surface area contributed by atoms with Crippen LogP contribution < -0.4 is 0 Å². The molecule has 10 aromatic carbocycles. The van der Waals surface area contributed by atoms with E-state index < -0.39 is 0 Å². The molecule has 246 valence electrons. The Labute approximate surface area is 307 Å². The predicted octanol–water partition coefficient (Wildman–Crippen LogP) is 14.9. The summed E-state index contributed by atoms with van der Waals surface area (Å²) in [6, 6.07) is 70.5. The Balaban J connectivity index is 1.27. The molecule has 1 heteroatoms. The largest absolute Gasteiger partial charge is 0.455 e. The molecule has 0 radical (unpaired) electrons. The zero-order valence-corrected chi connectivity index (χ0v) is 28.9. The van der Waals surface area contributed by atoms with E-state index in [4.69, 9.17) is 4.42 Å². The van der Waals surface area contributed by atoms with E-state index in [1.54, 1.807) is 0 Å². The monoisotopic (exact) mass is 672 g/mol. The predicted molar refractivity (Wildman–Crippen MR) is 225 cm³/mol. The second-order valence-electron chi connectivity index (χ2n) is 14.0. The summed E-state index contributed by atoms with van der Waals surface area (Å²) < 4.78 is 6.83. The maximum absolute atomic E-state index is 6.83. The molecule has 0 unspecified atom stereocenters. The van der Waals surface area contributed by atoms with Gasteiger partial charge in [0.05, 0.1) is 0 Å². The van der Waals surface area contributed by atoms with Crippen molar-refractivity contribution in [2.75, 3.05) is 0 Å². The van der Waals surface area contributed by atoms with E-state index in [9.17, 15) is 0 Å². The summed E-state index contributed by atoms with van der Waals surface area (Å²) in [4.78, 5) is 0. The fourth-order valence-electron chi connectivity index (χ4n) is 8.63. The van der Waals surface area contributed by atoms with Gasteiger partial charge in [0.15, 0.2) is 0 Å². The molecule has 0 aliphatic rings. The van der Waals surface area contributed by atoms with Crippen LogP contribution in [0.25, 0.3) is 110 Å². The van der Waals surface area contributed by atoms with Crippen molar-refractivity contribution in [3.05, 3.63) is 194 Å². The van der Waals surface area contributed by atoms with E-state index >= 15 is 0 Å². The van der Waals surface area contributed by atoms with Crippen LogP contribution in [0.1, 0.15) is 0 Å². The fraction of sp³-hybridized carbons (Fsp3) is 0. The highest BCUT2D eigenvalue weighted by atomic mass is 16.3. The fourth-order valence-corrected chi connectivity index (χ4v) is 8.63. The molecule has 0 amide bonds. The van der Waals surface area contributed by atoms with Gasteiger partial charge in [-0.3, -0.25) is 0 Å². The molecule has 1 heterocycles. The van der Waals surface area contributed by atoms with E-state index in [1.165, 1.54) is 76.8 Å². The third-order valence-electron chi connectivity index (χ3n) is 11.0. The molecule has 0 spiro atoms. The van der Waals surface area contributed by atoms with Crippen molar-refractivity contribution < 1.29 is 4.42 Å². The van der Waals surface area contributed by atoms with Gasteiger partial charge >= 0.3 is 0 Å². The highest BCUT2D eigenvalue weighted by Crippen LogP contribution is 2.49. The van der Waals surface area contributed by atoms with Crippen molar-refractivity contribution in [1.82, 2.24) is 0 Å². The maximum atomic E-state index is 6.83. The number of rotatable bonds is 4. The van der Waals surface area contributed by atoms with Gasteiger partial charge in [-0.15, -0.1) is 0 Å². The molecule has 0 aliphatic heterocycles. The molecule has 0 N–H and O–H groups in total. The second kappa shape index (κ2) is 11.8. The Kier molecular flexibility index (Phi) is 6.62. The molecule has 0 fully saturated rings. The zero-order chi connectivity index (χ0) is 34.9. The summed E-state index contributed by atoms with van der Waals surface area (Å²) in [6.07, 6.45) is 0. The van der Waals surface area contributed by atoms with Crippen LogP contribution in [-0.2, 0) is 0 Å². The highest BCUT2D eigenvalue weighted by Gasteiger charge is 2.23. The maximum Gasteiger partial charge on any atom is 0.143 e. The number of benzene rings is 10. The van der Waals surface area contributed by atoms with E-state index in [0.29, 0.717) is 0 Å². The Bertz CT molecular complexity index is 3150. The van der Waals surface area contributed by atoms with Crippen molar-refractivity contribution >= 4 is 65.0 Å². The van der Waals surface area contributed by atoms with Gasteiger partial charge in [0.25, 0.3) is 0 Å². The van der Waals surface area contributed by atoms with Gasteiger partial charge in [0.1, 0.15) is 11.2 Å². The standard InChI is InChI=1S/C52H32O/c1-3-14-33(15-4-1)36-27-26-35-19-13-25-44(45(35)30-36)49-40-21-9-11-23-42(40)50(43-24-12-10-22-41(43)49)47-32-38-18-7-8-20-39(38)52-51(47)46-31-37(28-29-48(46)53-52)34-16-5-2-6-17-34/h1-32H. The van der Waals surface area contributed by atoms with E-state index in [2.05, 4.69) is 194 Å². The van der Waals surface area contributed by atoms with Crippen LogP contribution in [0.3, 0.4) is 0 Å². The lowest BCUT2D eigenvalue weighted by atomic mass is 9.83. The van der Waals surface area contributed by atoms with Gasteiger partial charge in [-0.25, -0.2) is 0 Å². The normalized spacial score (nSPS) is 11.8. The van der Waals surface area contributed by atoms with E-state index in [0.717, 1.165) is 32.7 Å². The zero-order valence-electron chi connectivity index (χ0n) is 28.9. The number of fused-ring (bicyclic) bond motifs is 8. The van der Waals surface area contributed by atoms with Crippen LogP contribution in [0, 0.1) is 0 Å². The minimum atomic E-state index is 0.896. The van der Waals surface area contributed by atoms with Crippen molar-refractivity contribution in [3.63, 3.8) is 0 Å². The topological polar surface area (TPSA) is 13.1 Å². The first kappa shape index (κ1) is 29.7. The summed E-state index contributed by atoms with van der Waals surface area (Å²) in [7, 11) is 0. The van der Waals surface area contributed by atoms with Crippen molar-refractivity contribution in [1.29, 1.82) is 0 Å². The van der Waals surface area contributed by atoms with Gasteiger partial charge in [-0.05, 0) is 106 Å². The third-order valence-corrected chi connectivity index (χ3v) is 11.0. The van der Waals surface area contributed by atoms with Crippen LogP contribution in [0.2, 0.25) is 0 Å². The Morgan fingerprint density at radius 3 is 1.43 bits per heavy atom. The van der Waals surface area contributed by atoms with E-state index in [-0.39, 0.29) is 0 Å².